The molecule has 160 valence electrons. The quantitative estimate of drug-likeness (QED) is 0.271. The van der Waals surface area contributed by atoms with Crippen molar-refractivity contribution in [1.29, 1.82) is 0 Å². The van der Waals surface area contributed by atoms with Crippen molar-refractivity contribution in [2.75, 3.05) is 12.3 Å². The van der Waals surface area contributed by atoms with E-state index < -0.39 is 0 Å². The molecule has 1 aliphatic rings. The first-order valence-corrected chi connectivity index (χ1v) is 14.6. The van der Waals surface area contributed by atoms with Crippen LogP contribution in [0.25, 0.3) is 0 Å². The average Bonchev–Trinajstić information content (AvgIpc) is 2.85. The molecule has 0 spiro atoms. The molecule has 0 amide bonds. The number of rotatable bonds is 8. The third-order valence-electron chi connectivity index (χ3n) is 6.67. The zero-order valence-electron chi connectivity index (χ0n) is 18.5. The molecule has 0 radical (unpaired) electrons. The van der Waals surface area contributed by atoms with E-state index in [-0.39, 0.29) is 15.8 Å². The Hall–Kier alpha value is -2.26. The Morgan fingerprint density at radius 1 is 0.438 bits per heavy atom. The molecule has 5 rings (SSSR count). The summed E-state index contributed by atoms with van der Waals surface area (Å²) in [5.74, 6) is 0. The summed E-state index contributed by atoms with van der Waals surface area (Å²) < 4.78 is 0. The van der Waals surface area contributed by atoms with Crippen LogP contribution in [-0.4, -0.2) is 12.3 Å². The number of benzene rings is 4. The van der Waals surface area contributed by atoms with Gasteiger partial charge in [0, 0.05) is 0 Å². The van der Waals surface area contributed by atoms with Crippen molar-refractivity contribution in [1.82, 2.24) is 0 Å². The standard InChI is InChI=1S/C30H30P2/c1-5-14-26(15-6-1)31(27-16-7-2-8-17-27)24-30(22-13-23-30)25-32(28-18-9-3-10-19-28)29-20-11-4-12-21-29/h1-12,14-21H,13,22-25H2. The molecule has 0 heterocycles. The Bertz CT molecular complexity index is 925. The third kappa shape index (κ3) is 4.88. The topological polar surface area (TPSA) is 0 Å². The highest BCUT2D eigenvalue weighted by Crippen LogP contribution is 2.56. The minimum atomic E-state index is -0.351. The SMILES string of the molecule is c1ccc(P(CC2(CP(c3ccccc3)c3ccccc3)CCC2)c2ccccc2)cc1. The van der Waals surface area contributed by atoms with Gasteiger partial charge in [-0.2, -0.15) is 0 Å². The molecule has 0 unspecified atom stereocenters. The molecule has 0 bridgehead atoms. The highest BCUT2D eigenvalue weighted by molar-refractivity contribution is 7.74. The Balaban J connectivity index is 1.49. The molecule has 0 aliphatic heterocycles. The van der Waals surface area contributed by atoms with E-state index in [1.54, 1.807) is 0 Å². The summed E-state index contributed by atoms with van der Waals surface area (Å²) in [7, 11) is -0.703. The summed E-state index contributed by atoms with van der Waals surface area (Å²) >= 11 is 0. The fourth-order valence-corrected chi connectivity index (χ4v) is 10.6. The fourth-order valence-electron chi connectivity index (χ4n) is 4.81. The van der Waals surface area contributed by atoms with Crippen LogP contribution in [0.2, 0.25) is 0 Å². The van der Waals surface area contributed by atoms with Gasteiger partial charge in [-0.3, -0.25) is 0 Å². The second-order valence-corrected chi connectivity index (χ2v) is 13.3. The van der Waals surface area contributed by atoms with Crippen LogP contribution in [0.4, 0.5) is 0 Å². The molecular weight excluding hydrogens is 422 g/mol. The second kappa shape index (κ2) is 10.1. The van der Waals surface area contributed by atoms with Gasteiger partial charge in [-0.05, 0) is 67.6 Å². The van der Waals surface area contributed by atoms with E-state index in [9.17, 15) is 0 Å². The largest absolute Gasteiger partial charge is 0.0622 e. The first kappa shape index (κ1) is 21.6. The average molecular weight is 453 g/mol. The van der Waals surface area contributed by atoms with Crippen LogP contribution < -0.4 is 21.2 Å². The molecule has 1 fully saturated rings. The van der Waals surface area contributed by atoms with Gasteiger partial charge in [0.1, 0.15) is 0 Å². The van der Waals surface area contributed by atoms with Gasteiger partial charge in [0.05, 0.1) is 0 Å². The molecule has 1 aliphatic carbocycles. The van der Waals surface area contributed by atoms with Crippen molar-refractivity contribution in [3.63, 3.8) is 0 Å². The van der Waals surface area contributed by atoms with Crippen LogP contribution in [0, 0.1) is 5.41 Å². The maximum absolute atomic E-state index is 2.35. The van der Waals surface area contributed by atoms with Crippen molar-refractivity contribution in [3.05, 3.63) is 121 Å². The molecule has 4 aromatic rings. The van der Waals surface area contributed by atoms with Crippen LogP contribution in [0.5, 0.6) is 0 Å². The van der Waals surface area contributed by atoms with Gasteiger partial charge in [0.2, 0.25) is 0 Å². The number of hydrogen-bond donors (Lipinski definition) is 0. The van der Waals surface area contributed by atoms with Gasteiger partial charge >= 0.3 is 0 Å². The smallest absolute Gasteiger partial charge is 0.0185 e. The summed E-state index contributed by atoms with van der Waals surface area (Å²) in [6.45, 7) is 0. The maximum atomic E-state index is 2.35. The third-order valence-corrected chi connectivity index (χ3v) is 12.3. The predicted octanol–water partition coefficient (Wildman–Crippen LogP) is 6.42. The van der Waals surface area contributed by atoms with E-state index >= 15 is 0 Å². The molecule has 1 saturated carbocycles. The Labute approximate surface area is 195 Å². The molecule has 2 heteroatoms. The van der Waals surface area contributed by atoms with Crippen LogP contribution in [0.1, 0.15) is 19.3 Å². The molecule has 0 N–H and O–H groups in total. The predicted molar refractivity (Wildman–Crippen MR) is 144 cm³/mol. The fraction of sp³-hybridized carbons (Fsp3) is 0.200. The molecule has 0 atom stereocenters. The van der Waals surface area contributed by atoms with Gasteiger partial charge in [-0.25, -0.2) is 0 Å². The normalized spacial score (nSPS) is 14.9. The lowest BCUT2D eigenvalue weighted by Crippen LogP contribution is -2.40. The highest BCUT2D eigenvalue weighted by Gasteiger charge is 2.41. The lowest BCUT2D eigenvalue weighted by molar-refractivity contribution is 0.202. The Morgan fingerprint density at radius 3 is 0.938 bits per heavy atom. The Morgan fingerprint density at radius 2 is 0.719 bits per heavy atom. The van der Waals surface area contributed by atoms with Gasteiger partial charge in [0.15, 0.2) is 0 Å². The molecule has 4 aromatic carbocycles. The van der Waals surface area contributed by atoms with E-state index in [1.807, 2.05) is 0 Å². The van der Waals surface area contributed by atoms with E-state index in [0.29, 0.717) is 5.41 Å². The van der Waals surface area contributed by atoms with E-state index in [2.05, 4.69) is 121 Å². The van der Waals surface area contributed by atoms with Crippen LogP contribution >= 0.6 is 15.8 Å². The van der Waals surface area contributed by atoms with Crippen molar-refractivity contribution in [2.45, 2.75) is 19.3 Å². The summed E-state index contributed by atoms with van der Waals surface area (Å²) in [4.78, 5) is 0. The summed E-state index contributed by atoms with van der Waals surface area (Å²) in [5.41, 5.74) is 0.439. The molecule has 0 saturated heterocycles. The lowest BCUT2D eigenvalue weighted by Gasteiger charge is -2.46. The van der Waals surface area contributed by atoms with Gasteiger partial charge in [-0.1, -0.05) is 128 Å². The Kier molecular flexibility index (Phi) is 6.83. The molecule has 0 aromatic heterocycles. The van der Waals surface area contributed by atoms with Gasteiger partial charge in [-0.15, -0.1) is 0 Å². The maximum Gasteiger partial charge on any atom is -0.0185 e. The van der Waals surface area contributed by atoms with Gasteiger partial charge < -0.3 is 0 Å². The minimum absolute atomic E-state index is 0.351. The van der Waals surface area contributed by atoms with Crippen LogP contribution in [0.15, 0.2) is 121 Å². The van der Waals surface area contributed by atoms with Crippen LogP contribution in [0.3, 0.4) is 0 Å². The molecule has 0 nitrogen and oxygen atoms in total. The van der Waals surface area contributed by atoms with E-state index in [4.69, 9.17) is 0 Å². The van der Waals surface area contributed by atoms with Crippen molar-refractivity contribution >= 4 is 37.1 Å². The minimum Gasteiger partial charge on any atom is -0.0622 e. The van der Waals surface area contributed by atoms with Crippen LogP contribution in [-0.2, 0) is 0 Å². The summed E-state index contributed by atoms with van der Waals surface area (Å²) in [5, 5.41) is 6.07. The zero-order valence-corrected chi connectivity index (χ0v) is 20.3. The summed E-state index contributed by atoms with van der Waals surface area (Å²) in [6.07, 6.45) is 6.71. The lowest BCUT2D eigenvalue weighted by atomic mass is 9.72. The van der Waals surface area contributed by atoms with Crippen molar-refractivity contribution in [2.24, 2.45) is 5.41 Å². The van der Waals surface area contributed by atoms with Crippen molar-refractivity contribution in [3.8, 4) is 0 Å². The zero-order chi connectivity index (χ0) is 21.6. The van der Waals surface area contributed by atoms with E-state index in [0.717, 1.165) is 0 Å². The molecule has 32 heavy (non-hydrogen) atoms. The van der Waals surface area contributed by atoms with Crippen molar-refractivity contribution < 1.29 is 0 Å². The number of hydrogen-bond acceptors (Lipinski definition) is 0. The highest BCUT2D eigenvalue weighted by atomic mass is 31.1. The summed E-state index contributed by atoms with van der Waals surface area (Å²) in [6, 6.07) is 45.1. The second-order valence-electron chi connectivity index (χ2n) is 8.87. The molecular formula is C30H30P2. The van der Waals surface area contributed by atoms with Gasteiger partial charge in [0.25, 0.3) is 0 Å². The van der Waals surface area contributed by atoms with E-state index in [1.165, 1.54) is 52.8 Å². The first-order chi connectivity index (χ1) is 15.8. The monoisotopic (exact) mass is 452 g/mol. The first-order valence-electron chi connectivity index (χ1n) is 11.6.